The number of aromatic nitrogens is 2. The van der Waals surface area contributed by atoms with Crippen LogP contribution in [0.5, 0.6) is 0 Å². The van der Waals surface area contributed by atoms with Crippen molar-refractivity contribution in [3.63, 3.8) is 0 Å². The topological polar surface area (TPSA) is 67.2 Å². The first-order chi connectivity index (χ1) is 11.2. The summed E-state index contributed by atoms with van der Waals surface area (Å²) < 4.78 is 1.84. The zero-order valence-corrected chi connectivity index (χ0v) is 13.8. The number of thiophene rings is 1. The molecule has 2 amide bonds. The third-order valence-corrected chi connectivity index (χ3v) is 5.12. The number of amides is 2. The lowest BCUT2D eigenvalue weighted by Crippen LogP contribution is -2.35. The maximum Gasteiger partial charge on any atom is 0.226 e. The van der Waals surface area contributed by atoms with E-state index in [-0.39, 0.29) is 30.2 Å². The van der Waals surface area contributed by atoms with Crippen LogP contribution in [0, 0.1) is 5.92 Å². The van der Waals surface area contributed by atoms with Crippen molar-refractivity contribution in [3.8, 4) is 0 Å². The molecule has 1 aliphatic heterocycles. The minimum absolute atomic E-state index is 0.0279. The molecule has 6 nitrogen and oxygen atoms in total. The lowest BCUT2D eigenvalue weighted by molar-refractivity contribution is -0.128. The van der Waals surface area contributed by atoms with Gasteiger partial charge in [-0.1, -0.05) is 6.07 Å². The fourth-order valence-corrected chi connectivity index (χ4v) is 3.90. The summed E-state index contributed by atoms with van der Waals surface area (Å²) in [4.78, 5) is 27.3. The molecular weight excluding hydrogens is 312 g/mol. The van der Waals surface area contributed by atoms with E-state index in [4.69, 9.17) is 0 Å². The van der Waals surface area contributed by atoms with Gasteiger partial charge in [0, 0.05) is 43.8 Å². The van der Waals surface area contributed by atoms with Gasteiger partial charge in [0.2, 0.25) is 11.8 Å². The molecule has 1 N–H and O–H groups in total. The maximum absolute atomic E-state index is 12.5. The maximum atomic E-state index is 12.5. The second-order valence-electron chi connectivity index (χ2n) is 5.69. The molecule has 2 atom stereocenters. The van der Waals surface area contributed by atoms with E-state index >= 15 is 0 Å². The fourth-order valence-electron chi connectivity index (χ4n) is 2.97. The molecule has 0 bridgehead atoms. The zero-order valence-electron chi connectivity index (χ0n) is 13.0. The summed E-state index contributed by atoms with van der Waals surface area (Å²) in [7, 11) is 1.78. The Bertz CT molecular complexity index is 654. The lowest BCUT2D eigenvalue weighted by atomic mass is 9.98. The summed E-state index contributed by atoms with van der Waals surface area (Å²) in [5.41, 5.74) is 0. The molecule has 2 aromatic rings. The van der Waals surface area contributed by atoms with Crippen molar-refractivity contribution in [1.29, 1.82) is 0 Å². The van der Waals surface area contributed by atoms with Gasteiger partial charge in [-0.2, -0.15) is 5.10 Å². The number of carbonyl (C=O) groups is 2. The van der Waals surface area contributed by atoms with Crippen LogP contribution in [0.15, 0.2) is 36.0 Å². The molecule has 0 saturated carbocycles. The highest BCUT2D eigenvalue weighted by Crippen LogP contribution is 2.38. The van der Waals surface area contributed by atoms with E-state index in [0.29, 0.717) is 6.54 Å². The van der Waals surface area contributed by atoms with Gasteiger partial charge in [-0.3, -0.25) is 14.3 Å². The van der Waals surface area contributed by atoms with Crippen molar-refractivity contribution < 1.29 is 9.59 Å². The van der Waals surface area contributed by atoms with Crippen LogP contribution < -0.4 is 5.32 Å². The molecular formula is C16H20N4O2S. The Labute approximate surface area is 139 Å². The third kappa shape index (κ3) is 3.44. The van der Waals surface area contributed by atoms with E-state index in [2.05, 4.69) is 10.4 Å². The Morgan fingerprint density at radius 1 is 1.48 bits per heavy atom. The van der Waals surface area contributed by atoms with E-state index in [1.807, 2.05) is 34.5 Å². The van der Waals surface area contributed by atoms with Crippen molar-refractivity contribution in [2.24, 2.45) is 5.92 Å². The van der Waals surface area contributed by atoms with E-state index in [9.17, 15) is 9.59 Å². The number of carbonyl (C=O) groups excluding carboxylic acids is 2. The van der Waals surface area contributed by atoms with Gasteiger partial charge in [-0.05, 0) is 23.9 Å². The average molecular weight is 332 g/mol. The quantitative estimate of drug-likeness (QED) is 0.818. The minimum atomic E-state index is -0.309. The first-order valence-electron chi connectivity index (χ1n) is 7.71. The van der Waals surface area contributed by atoms with E-state index < -0.39 is 0 Å². The van der Waals surface area contributed by atoms with Crippen molar-refractivity contribution >= 4 is 23.2 Å². The van der Waals surface area contributed by atoms with Crippen molar-refractivity contribution in [3.05, 3.63) is 40.8 Å². The Balaban J connectivity index is 1.56. The number of aryl methyl sites for hydroxylation is 1. The molecule has 0 spiro atoms. The van der Waals surface area contributed by atoms with Gasteiger partial charge in [0.25, 0.3) is 0 Å². The second-order valence-corrected chi connectivity index (χ2v) is 6.67. The van der Waals surface area contributed by atoms with Gasteiger partial charge in [0.05, 0.1) is 12.0 Å². The number of nitrogens with zero attached hydrogens (tertiary/aromatic N) is 3. The summed E-state index contributed by atoms with van der Waals surface area (Å²) in [6.07, 6.45) is 4.74. The number of hydrogen-bond acceptors (Lipinski definition) is 4. The minimum Gasteiger partial charge on any atom is -0.356 e. The summed E-state index contributed by atoms with van der Waals surface area (Å²) >= 11 is 1.59. The second kappa shape index (κ2) is 6.95. The first-order valence-corrected chi connectivity index (χ1v) is 8.59. The molecule has 0 aromatic carbocycles. The molecule has 1 saturated heterocycles. The van der Waals surface area contributed by atoms with Crippen LogP contribution in [0.25, 0.3) is 0 Å². The molecule has 0 unspecified atom stereocenters. The van der Waals surface area contributed by atoms with Gasteiger partial charge >= 0.3 is 0 Å². The third-order valence-electron chi connectivity index (χ3n) is 4.18. The van der Waals surface area contributed by atoms with Crippen LogP contribution in [-0.4, -0.2) is 40.1 Å². The summed E-state index contributed by atoms with van der Waals surface area (Å²) in [6, 6.07) is 5.68. The standard InChI is InChI=1S/C16H20N4O2S/c1-19-14(21)11-12(15(19)13-5-2-10-23-13)16(22)17-6-3-8-20-9-4-7-18-20/h2,4-5,7,9-10,12,15H,3,6,8,11H2,1H3,(H,17,22)/t12-,15+/m0/s1. The number of nitrogens with one attached hydrogen (secondary N) is 1. The van der Waals surface area contributed by atoms with E-state index in [1.54, 1.807) is 29.5 Å². The molecule has 1 fully saturated rings. The number of hydrogen-bond donors (Lipinski definition) is 1. The highest BCUT2D eigenvalue weighted by Gasteiger charge is 2.42. The average Bonchev–Trinajstić information content (AvgIpc) is 3.27. The number of rotatable bonds is 6. The lowest BCUT2D eigenvalue weighted by Gasteiger charge is -2.23. The number of likely N-dealkylation sites (tertiary alicyclic amines) is 1. The largest absolute Gasteiger partial charge is 0.356 e. The Morgan fingerprint density at radius 2 is 2.35 bits per heavy atom. The highest BCUT2D eigenvalue weighted by atomic mass is 32.1. The van der Waals surface area contributed by atoms with Crippen molar-refractivity contribution in [2.45, 2.75) is 25.4 Å². The predicted octanol–water partition coefficient (Wildman–Crippen LogP) is 1.67. The van der Waals surface area contributed by atoms with Crippen molar-refractivity contribution in [2.75, 3.05) is 13.6 Å². The molecule has 3 rings (SSSR count). The molecule has 1 aliphatic rings. The van der Waals surface area contributed by atoms with Crippen LogP contribution in [-0.2, 0) is 16.1 Å². The molecule has 2 aromatic heterocycles. The molecule has 3 heterocycles. The van der Waals surface area contributed by atoms with Crippen LogP contribution in [0.1, 0.15) is 23.8 Å². The normalized spacial score (nSPS) is 20.9. The van der Waals surface area contributed by atoms with Crippen LogP contribution in [0.3, 0.4) is 0 Å². The Kier molecular flexibility index (Phi) is 4.76. The first kappa shape index (κ1) is 15.7. The van der Waals surface area contributed by atoms with E-state index in [1.165, 1.54) is 0 Å². The summed E-state index contributed by atoms with van der Waals surface area (Å²) in [6.45, 7) is 1.36. The zero-order chi connectivity index (χ0) is 16.2. The van der Waals surface area contributed by atoms with Crippen LogP contribution in [0.4, 0.5) is 0 Å². The van der Waals surface area contributed by atoms with Gasteiger partial charge in [0.15, 0.2) is 0 Å². The fraction of sp³-hybridized carbons (Fsp3) is 0.438. The molecule has 7 heteroatoms. The Morgan fingerprint density at radius 3 is 3.04 bits per heavy atom. The van der Waals surface area contributed by atoms with Crippen molar-refractivity contribution in [1.82, 2.24) is 20.0 Å². The van der Waals surface area contributed by atoms with Crippen LogP contribution >= 0.6 is 11.3 Å². The molecule has 23 heavy (non-hydrogen) atoms. The molecule has 0 radical (unpaired) electrons. The van der Waals surface area contributed by atoms with Gasteiger partial charge in [0.1, 0.15) is 0 Å². The monoisotopic (exact) mass is 332 g/mol. The molecule has 0 aliphatic carbocycles. The van der Waals surface area contributed by atoms with Gasteiger partial charge in [-0.25, -0.2) is 0 Å². The smallest absolute Gasteiger partial charge is 0.226 e. The molecule has 122 valence electrons. The van der Waals surface area contributed by atoms with Gasteiger partial charge < -0.3 is 10.2 Å². The highest BCUT2D eigenvalue weighted by molar-refractivity contribution is 7.10. The summed E-state index contributed by atoms with van der Waals surface area (Å²) in [5.74, 6) is -0.322. The Hall–Kier alpha value is -2.15. The predicted molar refractivity (Wildman–Crippen MR) is 87.8 cm³/mol. The van der Waals surface area contributed by atoms with Gasteiger partial charge in [-0.15, -0.1) is 11.3 Å². The summed E-state index contributed by atoms with van der Waals surface area (Å²) in [5, 5.41) is 9.07. The van der Waals surface area contributed by atoms with E-state index in [0.717, 1.165) is 17.8 Å². The van der Waals surface area contributed by atoms with Crippen LogP contribution in [0.2, 0.25) is 0 Å². The SMILES string of the molecule is CN1C(=O)C[C@H](C(=O)NCCCn2cccn2)[C@@H]1c1cccs1.